The molecule has 0 radical (unpaired) electrons. The molecule has 1 aromatic carbocycles. The Morgan fingerprint density at radius 3 is 2.65 bits per heavy atom. The van der Waals surface area contributed by atoms with Gasteiger partial charge in [-0.25, -0.2) is 9.18 Å². The van der Waals surface area contributed by atoms with Gasteiger partial charge in [0.25, 0.3) is 0 Å². The standard InChI is InChI=1S/C18H23FN4O3/c19-15-9-13(21-6-3-12(4-7-21)17(24)25)1-2-16(15)23-11-14-10-20-5-8-22(14)18(23)26/h1-2,9,12,14,20H,3-8,10-11H2,(H,24,25). The van der Waals surface area contributed by atoms with Crippen LogP contribution in [0, 0.1) is 11.7 Å². The van der Waals surface area contributed by atoms with Crippen LogP contribution >= 0.6 is 0 Å². The number of piperazine rings is 1. The molecule has 8 heteroatoms. The van der Waals surface area contributed by atoms with Gasteiger partial charge < -0.3 is 20.2 Å². The molecular formula is C18H23FN4O3. The third-order valence-electron chi connectivity index (χ3n) is 5.65. The lowest BCUT2D eigenvalue weighted by Crippen LogP contribution is -2.49. The van der Waals surface area contributed by atoms with Crippen LogP contribution in [0.4, 0.5) is 20.6 Å². The van der Waals surface area contributed by atoms with E-state index in [1.807, 2.05) is 11.0 Å². The Labute approximate surface area is 151 Å². The zero-order valence-electron chi connectivity index (χ0n) is 14.5. The quantitative estimate of drug-likeness (QED) is 0.849. The molecule has 26 heavy (non-hydrogen) atoms. The number of anilines is 2. The molecule has 3 aliphatic rings. The minimum Gasteiger partial charge on any atom is -0.481 e. The Bertz CT molecular complexity index is 720. The fourth-order valence-electron chi connectivity index (χ4n) is 4.12. The summed E-state index contributed by atoms with van der Waals surface area (Å²) in [5.41, 5.74) is 1.05. The summed E-state index contributed by atoms with van der Waals surface area (Å²) in [5, 5.41) is 12.3. The number of nitrogens with zero attached hydrogens (tertiary/aromatic N) is 3. The van der Waals surface area contributed by atoms with Gasteiger partial charge in [-0.15, -0.1) is 0 Å². The number of rotatable bonds is 3. The van der Waals surface area contributed by atoms with Gasteiger partial charge in [-0.05, 0) is 31.0 Å². The fraction of sp³-hybridized carbons (Fsp3) is 0.556. The summed E-state index contributed by atoms with van der Waals surface area (Å²) in [6.45, 7) is 3.84. The lowest BCUT2D eigenvalue weighted by atomic mass is 9.97. The topological polar surface area (TPSA) is 76.1 Å². The van der Waals surface area contributed by atoms with Gasteiger partial charge in [0.2, 0.25) is 0 Å². The average molecular weight is 362 g/mol. The van der Waals surface area contributed by atoms with Gasteiger partial charge in [0.05, 0.1) is 17.6 Å². The van der Waals surface area contributed by atoms with Crippen molar-refractivity contribution in [2.45, 2.75) is 18.9 Å². The van der Waals surface area contributed by atoms with E-state index in [9.17, 15) is 14.0 Å². The Morgan fingerprint density at radius 2 is 2.00 bits per heavy atom. The number of carboxylic acid groups (broad SMARTS) is 1. The van der Waals surface area contributed by atoms with Gasteiger partial charge in [-0.1, -0.05) is 0 Å². The van der Waals surface area contributed by atoms with Gasteiger partial charge >= 0.3 is 12.0 Å². The number of fused-ring (bicyclic) bond motifs is 1. The number of carbonyl (C=O) groups is 2. The van der Waals surface area contributed by atoms with Crippen LogP contribution in [0.5, 0.6) is 0 Å². The number of hydrogen-bond donors (Lipinski definition) is 2. The number of urea groups is 1. The van der Waals surface area contributed by atoms with Gasteiger partial charge in [-0.2, -0.15) is 0 Å². The van der Waals surface area contributed by atoms with Gasteiger partial charge in [0.15, 0.2) is 0 Å². The first-order valence-electron chi connectivity index (χ1n) is 9.11. The van der Waals surface area contributed by atoms with Crippen LogP contribution in [0.25, 0.3) is 0 Å². The van der Waals surface area contributed by atoms with E-state index < -0.39 is 11.8 Å². The van der Waals surface area contributed by atoms with Crippen molar-refractivity contribution in [2.24, 2.45) is 5.92 Å². The Balaban J connectivity index is 1.48. The highest BCUT2D eigenvalue weighted by molar-refractivity contribution is 5.95. The number of hydrogen-bond acceptors (Lipinski definition) is 4. The normalized spacial score (nSPS) is 24.1. The summed E-state index contributed by atoms with van der Waals surface area (Å²) in [4.78, 5) is 29.0. The monoisotopic (exact) mass is 362 g/mol. The zero-order chi connectivity index (χ0) is 18.3. The molecule has 0 aromatic heterocycles. The van der Waals surface area contributed by atoms with Gasteiger partial charge in [-0.3, -0.25) is 9.69 Å². The minimum atomic E-state index is -0.760. The molecule has 3 saturated heterocycles. The van der Waals surface area contributed by atoms with Crippen LogP contribution in [0.2, 0.25) is 0 Å². The van der Waals surface area contributed by atoms with E-state index in [1.165, 1.54) is 11.0 Å². The second-order valence-corrected chi connectivity index (χ2v) is 7.18. The number of carboxylic acids is 1. The maximum absolute atomic E-state index is 14.8. The molecule has 3 fully saturated rings. The second kappa shape index (κ2) is 6.75. The first-order valence-corrected chi connectivity index (χ1v) is 9.11. The van der Waals surface area contributed by atoms with Crippen molar-refractivity contribution in [3.05, 3.63) is 24.0 Å². The van der Waals surface area contributed by atoms with Crippen LogP contribution in [0.15, 0.2) is 18.2 Å². The van der Waals surface area contributed by atoms with Crippen LogP contribution in [0.3, 0.4) is 0 Å². The summed E-state index contributed by atoms with van der Waals surface area (Å²) in [6.07, 6.45) is 1.12. The largest absolute Gasteiger partial charge is 0.481 e. The van der Waals surface area contributed by atoms with E-state index in [4.69, 9.17) is 5.11 Å². The second-order valence-electron chi connectivity index (χ2n) is 7.18. The Morgan fingerprint density at radius 1 is 1.23 bits per heavy atom. The molecule has 4 rings (SSSR count). The molecule has 3 aliphatic heterocycles. The van der Waals surface area contributed by atoms with Crippen molar-refractivity contribution in [1.82, 2.24) is 10.2 Å². The van der Waals surface area contributed by atoms with E-state index in [0.29, 0.717) is 44.7 Å². The van der Waals surface area contributed by atoms with E-state index in [-0.39, 0.29) is 18.0 Å². The van der Waals surface area contributed by atoms with Crippen molar-refractivity contribution in [3.8, 4) is 0 Å². The van der Waals surface area contributed by atoms with Crippen LogP contribution in [-0.2, 0) is 4.79 Å². The van der Waals surface area contributed by atoms with Crippen molar-refractivity contribution in [3.63, 3.8) is 0 Å². The van der Waals surface area contributed by atoms with Crippen molar-refractivity contribution < 1.29 is 19.1 Å². The third-order valence-corrected chi connectivity index (χ3v) is 5.65. The summed E-state index contributed by atoms with van der Waals surface area (Å²) >= 11 is 0. The summed E-state index contributed by atoms with van der Waals surface area (Å²) in [5.74, 6) is -1.49. The van der Waals surface area contributed by atoms with E-state index in [1.54, 1.807) is 11.0 Å². The van der Waals surface area contributed by atoms with E-state index in [0.717, 1.165) is 18.8 Å². The molecule has 0 aliphatic carbocycles. The summed E-state index contributed by atoms with van der Waals surface area (Å²) < 4.78 is 14.8. The number of amides is 2. The van der Waals surface area contributed by atoms with Crippen molar-refractivity contribution in [2.75, 3.05) is 49.1 Å². The predicted molar refractivity (Wildman–Crippen MR) is 95.1 cm³/mol. The number of aliphatic carboxylic acids is 1. The van der Waals surface area contributed by atoms with Crippen LogP contribution in [0.1, 0.15) is 12.8 Å². The molecule has 140 valence electrons. The van der Waals surface area contributed by atoms with Gasteiger partial charge in [0, 0.05) is 45.0 Å². The molecule has 1 unspecified atom stereocenters. The van der Waals surface area contributed by atoms with E-state index in [2.05, 4.69) is 5.32 Å². The SMILES string of the molecule is O=C(O)C1CCN(c2ccc(N3CC4CNCCN4C3=O)c(F)c2)CC1. The molecule has 2 amide bonds. The smallest absolute Gasteiger partial charge is 0.325 e. The highest BCUT2D eigenvalue weighted by atomic mass is 19.1. The zero-order valence-corrected chi connectivity index (χ0v) is 14.5. The Hall–Kier alpha value is -2.35. The van der Waals surface area contributed by atoms with Crippen LogP contribution < -0.4 is 15.1 Å². The molecule has 1 aromatic rings. The number of piperidine rings is 1. The molecule has 1 atom stereocenters. The summed E-state index contributed by atoms with van der Waals surface area (Å²) in [7, 11) is 0. The Kier molecular flexibility index (Phi) is 4.44. The van der Waals surface area contributed by atoms with E-state index >= 15 is 0 Å². The van der Waals surface area contributed by atoms with Crippen molar-refractivity contribution >= 4 is 23.4 Å². The average Bonchev–Trinajstić information content (AvgIpc) is 2.98. The minimum absolute atomic E-state index is 0.0883. The number of nitrogens with one attached hydrogen (secondary N) is 1. The fourth-order valence-corrected chi connectivity index (χ4v) is 4.12. The third kappa shape index (κ3) is 2.98. The maximum atomic E-state index is 14.8. The molecule has 7 nitrogen and oxygen atoms in total. The molecule has 0 spiro atoms. The lowest BCUT2D eigenvalue weighted by Gasteiger charge is -2.32. The molecule has 0 bridgehead atoms. The number of carbonyl (C=O) groups excluding carboxylic acids is 1. The first-order chi connectivity index (χ1) is 12.5. The highest BCUT2D eigenvalue weighted by Gasteiger charge is 2.40. The lowest BCUT2D eigenvalue weighted by molar-refractivity contribution is -0.142. The van der Waals surface area contributed by atoms with Crippen LogP contribution in [-0.4, -0.2) is 67.3 Å². The molecule has 3 heterocycles. The number of benzene rings is 1. The van der Waals surface area contributed by atoms with Gasteiger partial charge in [0.1, 0.15) is 5.82 Å². The molecular weight excluding hydrogens is 339 g/mol. The number of halogens is 1. The first kappa shape index (κ1) is 17.1. The molecule has 2 N–H and O–H groups in total. The summed E-state index contributed by atoms with van der Waals surface area (Å²) in [6, 6.07) is 4.90. The highest BCUT2D eigenvalue weighted by Crippen LogP contribution is 2.31. The molecule has 0 saturated carbocycles. The predicted octanol–water partition coefficient (Wildman–Crippen LogP) is 1.34. The maximum Gasteiger partial charge on any atom is 0.325 e. The van der Waals surface area contributed by atoms with Crippen molar-refractivity contribution in [1.29, 1.82) is 0 Å².